The minimum atomic E-state index is -0.138. The van der Waals surface area contributed by atoms with E-state index in [-0.39, 0.29) is 5.82 Å². The first-order valence-corrected chi connectivity index (χ1v) is 8.15. The number of nitrogens with one attached hydrogen (secondary N) is 1. The Kier molecular flexibility index (Phi) is 6.03. The number of halogens is 1. The third-order valence-corrected chi connectivity index (χ3v) is 4.23. The van der Waals surface area contributed by atoms with E-state index in [0.29, 0.717) is 5.92 Å². The summed E-state index contributed by atoms with van der Waals surface area (Å²) in [5, 5.41) is 3.66. The van der Waals surface area contributed by atoms with Crippen LogP contribution in [0.1, 0.15) is 51.5 Å². The molecule has 0 aromatic heterocycles. The Bertz CT molecular complexity index is 383. The molecule has 0 heterocycles. The molecule has 0 amide bonds. The lowest BCUT2D eigenvalue weighted by Gasteiger charge is -2.21. The number of hydrogen-bond acceptors (Lipinski definition) is 1. The summed E-state index contributed by atoms with van der Waals surface area (Å²) in [7, 11) is 0. The van der Waals surface area contributed by atoms with Gasteiger partial charge in [0.25, 0.3) is 0 Å². The number of hydrogen-bond donors (Lipinski definition) is 1. The monoisotopic (exact) mass is 277 g/mol. The first kappa shape index (κ1) is 15.5. The van der Waals surface area contributed by atoms with Crippen LogP contribution in [-0.4, -0.2) is 12.6 Å². The summed E-state index contributed by atoms with van der Waals surface area (Å²) in [6.45, 7) is 5.72. The van der Waals surface area contributed by atoms with E-state index in [1.54, 1.807) is 12.1 Å². The van der Waals surface area contributed by atoms with Gasteiger partial charge in [0, 0.05) is 6.04 Å². The molecule has 0 aliphatic heterocycles. The summed E-state index contributed by atoms with van der Waals surface area (Å²) in [4.78, 5) is 0. The van der Waals surface area contributed by atoms with Crippen LogP contribution < -0.4 is 5.32 Å². The molecule has 112 valence electrons. The Morgan fingerprint density at radius 1 is 1.25 bits per heavy atom. The highest BCUT2D eigenvalue weighted by atomic mass is 19.1. The smallest absolute Gasteiger partial charge is 0.123 e. The molecule has 1 nitrogen and oxygen atoms in total. The lowest BCUT2D eigenvalue weighted by atomic mass is 9.88. The normalized spacial score (nSPS) is 17.9. The minimum Gasteiger partial charge on any atom is -0.314 e. The molecule has 1 saturated carbocycles. The third-order valence-electron chi connectivity index (χ3n) is 4.23. The van der Waals surface area contributed by atoms with Crippen LogP contribution in [0.15, 0.2) is 24.3 Å². The summed E-state index contributed by atoms with van der Waals surface area (Å²) in [6, 6.07) is 7.80. The quantitative estimate of drug-likeness (QED) is 0.697. The zero-order chi connectivity index (χ0) is 14.4. The third kappa shape index (κ3) is 5.62. The fraction of sp³-hybridized carbons (Fsp3) is 0.667. The standard InChI is InChI=1S/C18H28FN/c1-3-4-14(2)11-16(13-20-18-9-10-18)12-15-5-7-17(19)8-6-15/h5-8,14,16,18,20H,3-4,9-13H2,1-2H3. The molecule has 0 bridgehead atoms. The van der Waals surface area contributed by atoms with Crippen molar-refractivity contribution in [3.05, 3.63) is 35.6 Å². The van der Waals surface area contributed by atoms with Gasteiger partial charge in [0.1, 0.15) is 5.82 Å². The van der Waals surface area contributed by atoms with Crippen LogP contribution in [0.5, 0.6) is 0 Å². The van der Waals surface area contributed by atoms with E-state index in [2.05, 4.69) is 19.2 Å². The Hall–Kier alpha value is -0.890. The van der Waals surface area contributed by atoms with Crippen molar-refractivity contribution in [1.29, 1.82) is 0 Å². The highest BCUT2D eigenvalue weighted by Gasteiger charge is 2.22. The predicted molar refractivity (Wildman–Crippen MR) is 83.3 cm³/mol. The zero-order valence-corrected chi connectivity index (χ0v) is 12.9. The second-order valence-electron chi connectivity index (χ2n) is 6.51. The highest BCUT2D eigenvalue weighted by Crippen LogP contribution is 2.23. The molecule has 0 radical (unpaired) electrons. The maximum absolute atomic E-state index is 13.0. The average molecular weight is 277 g/mol. The lowest BCUT2D eigenvalue weighted by Crippen LogP contribution is -2.27. The molecule has 1 N–H and O–H groups in total. The van der Waals surface area contributed by atoms with Crippen molar-refractivity contribution in [3.63, 3.8) is 0 Å². The van der Waals surface area contributed by atoms with E-state index in [4.69, 9.17) is 0 Å². The summed E-state index contributed by atoms with van der Waals surface area (Å²) in [5.74, 6) is 1.31. The molecular formula is C18H28FN. The van der Waals surface area contributed by atoms with E-state index in [0.717, 1.165) is 24.9 Å². The fourth-order valence-corrected chi connectivity index (χ4v) is 2.99. The number of rotatable bonds is 9. The topological polar surface area (TPSA) is 12.0 Å². The van der Waals surface area contributed by atoms with Crippen LogP contribution in [0.3, 0.4) is 0 Å². The lowest BCUT2D eigenvalue weighted by molar-refractivity contribution is 0.353. The summed E-state index contributed by atoms with van der Waals surface area (Å²) in [6.07, 6.45) is 7.59. The van der Waals surface area contributed by atoms with Gasteiger partial charge in [0.2, 0.25) is 0 Å². The predicted octanol–water partition coefficient (Wildman–Crippen LogP) is 4.56. The van der Waals surface area contributed by atoms with Gasteiger partial charge in [0.15, 0.2) is 0 Å². The van der Waals surface area contributed by atoms with Gasteiger partial charge in [-0.2, -0.15) is 0 Å². The Morgan fingerprint density at radius 3 is 2.55 bits per heavy atom. The van der Waals surface area contributed by atoms with Crippen LogP contribution in [0.2, 0.25) is 0 Å². The van der Waals surface area contributed by atoms with Gasteiger partial charge in [-0.15, -0.1) is 0 Å². The average Bonchev–Trinajstić information content (AvgIpc) is 3.23. The van der Waals surface area contributed by atoms with E-state index >= 15 is 0 Å². The van der Waals surface area contributed by atoms with Crippen molar-refractivity contribution < 1.29 is 4.39 Å². The van der Waals surface area contributed by atoms with Crippen molar-refractivity contribution in [1.82, 2.24) is 5.32 Å². The zero-order valence-electron chi connectivity index (χ0n) is 12.9. The van der Waals surface area contributed by atoms with Crippen LogP contribution in [0.4, 0.5) is 4.39 Å². The molecule has 20 heavy (non-hydrogen) atoms. The van der Waals surface area contributed by atoms with E-state index in [1.807, 2.05) is 12.1 Å². The second kappa shape index (κ2) is 7.78. The van der Waals surface area contributed by atoms with Crippen molar-refractivity contribution >= 4 is 0 Å². The minimum absolute atomic E-state index is 0.138. The molecule has 1 aliphatic carbocycles. The van der Waals surface area contributed by atoms with Gasteiger partial charge in [-0.05, 0) is 61.8 Å². The van der Waals surface area contributed by atoms with Crippen LogP contribution in [-0.2, 0) is 6.42 Å². The molecule has 2 rings (SSSR count). The van der Waals surface area contributed by atoms with Gasteiger partial charge >= 0.3 is 0 Å². The molecule has 2 atom stereocenters. The van der Waals surface area contributed by atoms with Gasteiger partial charge in [0.05, 0.1) is 0 Å². The Labute approximate surface area is 123 Å². The molecule has 1 aromatic carbocycles. The van der Waals surface area contributed by atoms with Gasteiger partial charge in [-0.25, -0.2) is 4.39 Å². The molecule has 1 aromatic rings. The first-order chi connectivity index (χ1) is 9.67. The first-order valence-electron chi connectivity index (χ1n) is 8.15. The van der Waals surface area contributed by atoms with Crippen LogP contribution >= 0.6 is 0 Å². The van der Waals surface area contributed by atoms with Crippen molar-refractivity contribution in [2.45, 2.75) is 58.4 Å². The highest BCUT2D eigenvalue weighted by molar-refractivity contribution is 5.16. The SMILES string of the molecule is CCCC(C)CC(CNC1CC1)Cc1ccc(F)cc1. The molecule has 1 aliphatic rings. The fourth-order valence-electron chi connectivity index (χ4n) is 2.99. The largest absolute Gasteiger partial charge is 0.314 e. The Balaban J connectivity index is 1.87. The van der Waals surface area contributed by atoms with E-state index in [1.165, 1.54) is 37.7 Å². The maximum atomic E-state index is 13.0. The van der Waals surface area contributed by atoms with Crippen molar-refractivity contribution in [2.75, 3.05) is 6.54 Å². The van der Waals surface area contributed by atoms with E-state index in [9.17, 15) is 4.39 Å². The molecular weight excluding hydrogens is 249 g/mol. The Morgan fingerprint density at radius 2 is 1.95 bits per heavy atom. The molecule has 0 spiro atoms. The molecule has 2 unspecified atom stereocenters. The van der Waals surface area contributed by atoms with Gasteiger partial charge in [-0.3, -0.25) is 0 Å². The summed E-state index contributed by atoms with van der Waals surface area (Å²) >= 11 is 0. The summed E-state index contributed by atoms with van der Waals surface area (Å²) < 4.78 is 13.0. The van der Waals surface area contributed by atoms with Gasteiger partial charge < -0.3 is 5.32 Å². The van der Waals surface area contributed by atoms with Gasteiger partial charge in [-0.1, -0.05) is 38.8 Å². The van der Waals surface area contributed by atoms with Crippen LogP contribution in [0.25, 0.3) is 0 Å². The van der Waals surface area contributed by atoms with Crippen LogP contribution in [0, 0.1) is 17.7 Å². The number of benzene rings is 1. The second-order valence-corrected chi connectivity index (χ2v) is 6.51. The van der Waals surface area contributed by atoms with Crippen molar-refractivity contribution in [3.8, 4) is 0 Å². The van der Waals surface area contributed by atoms with E-state index < -0.39 is 0 Å². The molecule has 0 saturated heterocycles. The maximum Gasteiger partial charge on any atom is 0.123 e. The van der Waals surface area contributed by atoms with Crippen molar-refractivity contribution in [2.24, 2.45) is 11.8 Å². The molecule has 2 heteroatoms. The molecule has 1 fully saturated rings. The summed E-state index contributed by atoms with van der Waals surface area (Å²) in [5.41, 5.74) is 1.26.